The Bertz CT molecular complexity index is 534. The van der Waals surface area contributed by atoms with Crippen LogP contribution in [-0.2, 0) is 11.0 Å². The Morgan fingerprint density at radius 2 is 1.91 bits per heavy atom. The van der Waals surface area contributed by atoms with E-state index in [9.17, 15) is 18.0 Å². The highest BCUT2D eigenvalue weighted by molar-refractivity contribution is 5.79. The number of alkyl halides is 3. The van der Waals surface area contributed by atoms with E-state index in [4.69, 9.17) is 0 Å². The fraction of sp³-hybridized carbons (Fsp3) is 0.692. The van der Waals surface area contributed by atoms with Crippen molar-refractivity contribution in [2.24, 2.45) is 0 Å². The highest BCUT2D eigenvalue weighted by atomic mass is 19.4. The third-order valence-electron chi connectivity index (χ3n) is 3.73. The van der Waals surface area contributed by atoms with Crippen LogP contribution in [0.15, 0.2) is 6.07 Å². The van der Waals surface area contributed by atoms with Gasteiger partial charge in [0.25, 0.3) is 5.91 Å². The van der Waals surface area contributed by atoms with Crippen molar-refractivity contribution < 1.29 is 18.0 Å². The molecule has 1 amide bonds. The predicted molar refractivity (Wildman–Crippen MR) is 73.9 cm³/mol. The maximum absolute atomic E-state index is 12.7. The van der Waals surface area contributed by atoms with E-state index in [-0.39, 0.29) is 5.91 Å². The van der Waals surface area contributed by atoms with Gasteiger partial charge in [0.15, 0.2) is 5.69 Å². The third-order valence-corrected chi connectivity index (χ3v) is 3.73. The second kappa shape index (κ2) is 6.25. The standard InChI is InChI=1S/C13H20F3N5O/c1-9-8-11(13(14,15)16)17-21(9)10(2)12(22)18-20-6-4-19(3)5-7-20/h8,10H,4-7H2,1-3H3,(H,18,22)/t10-/m0/s1. The summed E-state index contributed by atoms with van der Waals surface area (Å²) in [6, 6.07) is 0.135. The van der Waals surface area contributed by atoms with Gasteiger partial charge in [-0.15, -0.1) is 0 Å². The molecular formula is C13H20F3N5O. The largest absolute Gasteiger partial charge is 0.435 e. The number of amides is 1. The van der Waals surface area contributed by atoms with Crippen LogP contribution < -0.4 is 5.43 Å². The summed E-state index contributed by atoms with van der Waals surface area (Å²) >= 11 is 0. The van der Waals surface area contributed by atoms with Gasteiger partial charge >= 0.3 is 6.18 Å². The van der Waals surface area contributed by atoms with E-state index in [1.165, 1.54) is 13.8 Å². The first kappa shape index (κ1) is 16.8. The molecule has 124 valence electrons. The van der Waals surface area contributed by atoms with Gasteiger partial charge in [-0.25, -0.2) is 5.01 Å². The SMILES string of the molecule is Cc1cc(C(F)(F)F)nn1[C@@H](C)C(=O)NN1CCN(C)CC1. The van der Waals surface area contributed by atoms with Crippen LogP contribution in [0.3, 0.4) is 0 Å². The summed E-state index contributed by atoms with van der Waals surface area (Å²) in [6.07, 6.45) is -4.51. The van der Waals surface area contributed by atoms with Gasteiger partial charge in [0, 0.05) is 31.9 Å². The van der Waals surface area contributed by atoms with Gasteiger partial charge in [-0.3, -0.25) is 14.9 Å². The fourth-order valence-corrected chi connectivity index (χ4v) is 2.30. The summed E-state index contributed by atoms with van der Waals surface area (Å²) < 4.78 is 39.1. The molecule has 0 radical (unpaired) electrons. The van der Waals surface area contributed by atoms with Gasteiger partial charge in [-0.05, 0) is 27.0 Å². The molecule has 9 heteroatoms. The molecule has 0 saturated carbocycles. The van der Waals surface area contributed by atoms with E-state index < -0.39 is 17.9 Å². The lowest BCUT2D eigenvalue weighted by Gasteiger charge is -2.33. The molecule has 1 aromatic heterocycles. The normalized spacial score (nSPS) is 19.2. The molecule has 1 fully saturated rings. The second-order valence-electron chi connectivity index (χ2n) is 5.56. The molecule has 1 saturated heterocycles. The van der Waals surface area contributed by atoms with Crippen LogP contribution in [0.5, 0.6) is 0 Å². The zero-order valence-corrected chi connectivity index (χ0v) is 12.8. The minimum Gasteiger partial charge on any atom is -0.304 e. The molecule has 0 spiro atoms. The lowest BCUT2D eigenvalue weighted by Crippen LogP contribution is -2.53. The highest BCUT2D eigenvalue weighted by Gasteiger charge is 2.35. The number of aryl methyl sites for hydroxylation is 1. The number of nitrogens with zero attached hydrogens (tertiary/aromatic N) is 4. The summed E-state index contributed by atoms with van der Waals surface area (Å²) in [5.74, 6) is -0.371. The molecule has 0 bridgehead atoms. The summed E-state index contributed by atoms with van der Waals surface area (Å²) in [6.45, 7) is 6.05. The minimum atomic E-state index is -4.51. The number of piperazine rings is 1. The van der Waals surface area contributed by atoms with E-state index in [0.717, 1.165) is 23.8 Å². The number of nitrogens with one attached hydrogen (secondary N) is 1. The van der Waals surface area contributed by atoms with Crippen LogP contribution in [0, 0.1) is 6.92 Å². The average molecular weight is 319 g/mol. The molecule has 1 aromatic rings. The topological polar surface area (TPSA) is 53.4 Å². The van der Waals surface area contributed by atoms with Gasteiger partial charge in [-0.1, -0.05) is 0 Å². The molecule has 0 aromatic carbocycles. The van der Waals surface area contributed by atoms with Crippen LogP contribution >= 0.6 is 0 Å². The number of carbonyl (C=O) groups excluding carboxylic acids is 1. The molecule has 22 heavy (non-hydrogen) atoms. The Kier molecular flexibility index (Phi) is 4.76. The van der Waals surface area contributed by atoms with Gasteiger partial charge in [-0.2, -0.15) is 18.3 Å². The number of hydrogen-bond donors (Lipinski definition) is 1. The van der Waals surface area contributed by atoms with E-state index in [0.29, 0.717) is 18.8 Å². The van der Waals surface area contributed by atoms with Gasteiger partial charge in [0.05, 0.1) is 0 Å². The number of halogens is 3. The van der Waals surface area contributed by atoms with E-state index in [1.54, 1.807) is 5.01 Å². The summed E-state index contributed by atoms with van der Waals surface area (Å²) in [5, 5.41) is 5.29. The molecule has 6 nitrogen and oxygen atoms in total. The lowest BCUT2D eigenvalue weighted by molar-refractivity contribution is -0.142. The molecule has 1 aliphatic rings. The summed E-state index contributed by atoms with van der Waals surface area (Å²) in [5.41, 5.74) is 2.06. The van der Waals surface area contributed by atoms with Crippen LogP contribution in [0.1, 0.15) is 24.4 Å². The number of rotatable bonds is 3. The van der Waals surface area contributed by atoms with Crippen LogP contribution in [0.2, 0.25) is 0 Å². The molecule has 1 aliphatic heterocycles. The van der Waals surface area contributed by atoms with E-state index in [1.807, 2.05) is 7.05 Å². The molecule has 1 N–H and O–H groups in total. The quantitative estimate of drug-likeness (QED) is 0.905. The number of hydrazine groups is 1. The number of hydrogen-bond acceptors (Lipinski definition) is 4. The summed E-state index contributed by atoms with van der Waals surface area (Å²) in [4.78, 5) is 14.3. The average Bonchev–Trinajstić information content (AvgIpc) is 2.82. The number of aromatic nitrogens is 2. The monoisotopic (exact) mass is 319 g/mol. The van der Waals surface area contributed by atoms with E-state index >= 15 is 0 Å². The Hall–Kier alpha value is -1.61. The minimum absolute atomic E-state index is 0.299. The molecule has 2 rings (SSSR count). The van der Waals surface area contributed by atoms with Crippen molar-refractivity contribution in [1.29, 1.82) is 0 Å². The van der Waals surface area contributed by atoms with Crippen molar-refractivity contribution >= 4 is 5.91 Å². The van der Waals surface area contributed by atoms with E-state index in [2.05, 4.69) is 15.4 Å². The zero-order valence-electron chi connectivity index (χ0n) is 12.8. The van der Waals surface area contributed by atoms with Crippen molar-refractivity contribution in [1.82, 2.24) is 25.1 Å². The highest BCUT2D eigenvalue weighted by Crippen LogP contribution is 2.29. The van der Waals surface area contributed by atoms with Crippen LogP contribution in [0.4, 0.5) is 13.2 Å². The smallest absolute Gasteiger partial charge is 0.304 e. The molecule has 0 aliphatic carbocycles. The second-order valence-corrected chi connectivity index (χ2v) is 5.56. The third kappa shape index (κ3) is 3.77. The lowest BCUT2D eigenvalue weighted by atomic mass is 10.3. The predicted octanol–water partition coefficient (Wildman–Crippen LogP) is 1.05. The molecular weight excluding hydrogens is 299 g/mol. The van der Waals surface area contributed by atoms with Crippen LogP contribution in [0.25, 0.3) is 0 Å². The molecule has 1 atom stereocenters. The first-order valence-electron chi connectivity index (χ1n) is 7.06. The molecule has 2 heterocycles. The maximum atomic E-state index is 12.7. The van der Waals surface area contributed by atoms with Crippen LogP contribution in [-0.4, -0.2) is 58.8 Å². The summed E-state index contributed by atoms with van der Waals surface area (Å²) in [7, 11) is 1.99. The molecule has 0 unspecified atom stereocenters. The Labute approximate surface area is 126 Å². The van der Waals surface area contributed by atoms with Crippen molar-refractivity contribution in [2.45, 2.75) is 26.1 Å². The Morgan fingerprint density at radius 1 is 1.32 bits per heavy atom. The number of likely N-dealkylation sites (N-methyl/N-ethyl adjacent to an activating group) is 1. The van der Waals surface area contributed by atoms with Crippen molar-refractivity contribution in [3.63, 3.8) is 0 Å². The Balaban J connectivity index is 2.03. The first-order valence-corrected chi connectivity index (χ1v) is 7.06. The van der Waals surface area contributed by atoms with Gasteiger partial charge in [0.2, 0.25) is 0 Å². The van der Waals surface area contributed by atoms with Gasteiger partial charge < -0.3 is 4.90 Å². The van der Waals surface area contributed by atoms with Crippen molar-refractivity contribution in [3.05, 3.63) is 17.5 Å². The Morgan fingerprint density at radius 3 is 2.41 bits per heavy atom. The van der Waals surface area contributed by atoms with Crippen molar-refractivity contribution in [2.75, 3.05) is 33.2 Å². The number of carbonyl (C=O) groups is 1. The van der Waals surface area contributed by atoms with Crippen molar-refractivity contribution in [3.8, 4) is 0 Å². The fourth-order valence-electron chi connectivity index (χ4n) is 2.30. The van der Waals surface area contributed by atoms with Gasteiger partial charge in [0.1, 0.15) is 6.04 Å². The first-order chi connectivity index (χ1) is 10.2. The maximum Gasteiger partial charge on any atom is 0.435 e. The zero-order chi connectivity index (χ0) is 16.5.